The second-order valence-corrected chi connectivity index (χ2v) is 11.4. The molecule has 2 fully saturated rings. The number of hydrogen-bond donors (Lipinski definition) is 4. The first-order valence-electron chi connectivity index (χ1n) is 12.2. The molecule has 0 amide bonds. The third kappa shape index (κ3) is 3.01. The number of Topliss-reactive ketones (excluding diaryl/α,β-unsaturated/α-hetero) is 1. The number of aliphatic hydroxyl groups excluding tert-OH is 2. The second kappa shape index (κ2) is 7.74. The van der Waals surface area contributed by atoms with Crippen LogP contribution in [0.3, 0.4) is 0 Å². The van der Waals surface area contributed by atoms with E-state index in [2.05, 4.69) is 0 Å². The Labute approximate surface area is 195 Å². The van der Waals surface area contributed by atoms with E-state index >= 15 is 0 Å². The average Bonchev–Trinajstić information content (AvgIpc) is 3.13. The third-order valence-electron chi connectivity index (χ3n) is 9.30. The quantitative estimate of drug-likeness (QED) is 0.271. The van der Waals surface area contributed by atoms with Crippen molar-refractivity contribution in [2.45, 2.75) is 90.1 Å². The summed E-state index contributed by atoms with van der Waals surface area (Å²) in [5.74, 6) is -2.41. The smallest absolute Gasteiger partial charge is 0.306 e. The fourth-order valence-electron chi connectivity index (χ4n) is 7.27. The first kappa shape index (κ1) is 24.6. The van der Waals surface area contributed by atoms with E-state index in [1.807, 2.05) is 20.8 Å². The van der Waals surface area contributed by atoms with Gasteiger partial charge in [0.25, 0.3) is 0 Å². The predicted molar refractivity (Wildman–Crippen MR) is 121 cm³/mol. The maximum atomic E-state index is 14.1. The van der Waals surface area contributed by atoms with Crippen molar-refractivity contribution in [1.29, 1.82) is 0 Å². The lowest BCUT2D eigenvalue weighted by Gasteiger charge is -2.48. The summed E-state index contributed by atoms with van der Waals surface area (Å²) in [4.78, 5) is 26.4. The van der Waals surface area contributed by atoms with Crippen LogP contribution in [0.25, 0.3) is 0 Å². The SMILES string of the molecule is CCCCCC(=O)OCC1=CC2C(=O)C3(C=C(C)C(O)C3(O)C1O)[C@H](C)C[C@]1(O)[C@@H]2C1(C)C. The first-order valence-corrected chi connectivity index (χ1v) is 12.2. The Morgan fingerprint density at radius 3 is 2.48 bits per heavy atom. The summed E-state index contributed by atoms with van der Waals surface area (Å²) in [5.41, 5.74) is -4.78. The van der Waals surface area contributed by atoms with E-state index in [0.717, 1.165) is 12.8 Å². The Kier molecular flexibility index (Phi) is 5.76. The minimum atomic E-state index is -2.21. The molecule has 7 nitrogen and oxygen atoms in total. The molecule has 33 heavy (non-hydrogen) atoms. The van der Waals surface area contributed by atoms with Gasteiger partial charge in [-0.25, -0.2) is 0 Å². The van der Waals surface area contributed by atoms with Gasteiger partial charge in [0, 0.05) is 23.7 Å². The molecule has 1 spiro atoms. The molecule has 0 aliphatic heterocycles. The number of rotatable bonds is 6. The number of carbonyl (C=O) groups excluding carboxylic acids is 2. The van der Waals surface area contributed by atoms with Crippen molar-refractivity contribution >= 4 is 11.8 Å². The van der Waals surface area contributed by atoms with Crippen molar-refractivity contribution in [3.63, 3.8) is 0 Å². The van der Waals surface area contributed by atoms with E-state index < -0.39 is 58.0 Å². The Morgan fingerprint density at radius 1 is 1.18 bits per heavy atom. The summed E-state index contributed by atoms with van der Waals surface area (Å²) in [5, 5.41) is 45.9. The lowest BCUT2D eigenvalue weighted by atomic mass is 9.59. The van der Waals surface area contributed by atoms with Crippen molar-refractivity contribution in [1.82, 2.24) is 0 Å². The summed E-state index contributed by atoms with van der Waals surface area (Å²) in [6.07, 6.45) is 3.23. The van der Waals surface area contributed by atoms with Gasteiger partial charge in [0.2, 0.25) is 0 Å². The van der Waals surface area contributed by atoms with Crippen molar-refractivity contribution in [3.8, 4) is 0 Å². The van der Waals surface area contributed by atoms with Gasteiger partial charge in [0.1, 0.15) is 24.4 Å². The zero-order valence-electron chi connectivity index (χ0n) is 20.3. The number of ether oxygens (including phenoxy) is 1. The lowest BCUT2D eigenvalue weighted by Crippen LogP contribution is -2.65. The Bertz CT molecular complexity index is 920. The summed E-state index contributed by atoms with van der Waals surface area (Å²) in [7, 11) is 0. The monoisotopic (exact) mass is 462 g/mol. The van der Waals surface area contributed by atoms with Crippen LogP contribution in [0.5, 0.6) is 0 Å². The van der Waals surface area contributed by atoms with Gasteiger partial charge in [-0.05, 0) is 36.8 Å². The number of unbranched alkanes of at least 4 members (excludes halogenated alkanes) is 2. The van der Waals surface area contributed by atoms with Crippen LogP contribution in [0.15, 0.2) is 23.3 Å². The van der Waals surface area contributed by atoms with Gasteiger partial charge in [0.15, 0.2) is 5.78 Å². The topological polar surface area (TPSA) is 124 Å². The maximum absolute atomic E-state index is 14.1. The highest BCUT2D eigenvalue weighted by Crippen LogP contribution is 2.73. The van der Waals surface area contributed by atoms with Gasteiger partial charge in [-0.2, -0.15) is 0 Å². The van der Waals surface area contributed by atoms with Crippen LogP contribution >= 0.6 is 0 Å². The molecular weight excluding hydrogens is 424 g/mol. The number of hydrogen-bond acceptors (Lipinski definition) is 7. The minimum Gasteiger partial charge on any atom is -0.461 e. The standard InChI is InChI=1S/C26H38O7/c1-6-7-8-9-18(27)33-13-16-10-17-19-23(4,5)25(19,31)12-15(3)24(22(17)30)11-14(2)20(28)26(24,32)21(16)29/h10-11,15,17,19-21,28-29,31-32H,6-9,12-13H2,1-5H3/t15-,17?,19+,20?,21?,24?,25+,26?/m1/s1. The molecular formula is C26H38O7. The minimum absolute atomic E-state index is 0.197. The van der Waals surface area contributed by atoms with Crippen molar-refractivity contribution in [2.24, 2.45) is 28.6 Å². The summed E-state index contributed by atoms with van der Waals surface area (Å²) >= 11 is 0. The highest BCUT2D eigenvalue weighted by atomic mass is 16.5. The lowest BCUT2D eigenvalue weighted by molar-refractivity contribution is -0.191. The van der Waals surface area contributed by atoms with E-state index in [1.54, 1.807) is 26.0 Å². The van der Waals surface area contributed by atoms with E-state index in [-0.39, 0.29) is 30.8 Å². The molecule has 0 radical (unpaired) electrons. The molecule has 4 rings (SSSR count). The van der Waals surface area contributed by atoms with E-state index in [1.165, 1.54) is 0 Å². The summed E-state index contributed by atoms with van der Waals surface area (Å²) < 4.78 is 5.42. The molecule has 2 bridgehead atoms. The van der Waals surface area contributed by atoms with Crippen molar-refractivity contribution in [3.05, 3.63) is 23.3 Å². The van der Waals surface area contributed by atoms with Crippen LogP contribution < -0.4 is 0 Å². The van der Waals surface area contributed by atoms with Gasteiger partial charge in [-0.3, -0.25) is 9.59 Å². The summed E-state index contributed by atoms with van der Waals surface area (Å²) in [6.45, 7) is 9.04. The van der Waals surface area contributed by atoms with E-state index in [9.17, 15) is 30.0 Å². The number of allylic oxidation sites excluding steroid dienone is 1. The molecule has 0 aromatic rings. The number of ketones is 1. The second-order valence-electron chi connectivity index (χ2n) is 11.4. The van der Waals surface area contributed by atoms with Gasteiger partial charge >= 0.3 is 5.97 Å². The normalized spacial score (nSPS) is 45.2. The molecule has 0 aromatic heterocycles. The van der Waals surface area contributed by atoms with E-state index in [0.29, 0.717) is 12.0 Å². The number of fused-ring (bicyclic) bond motifs is 3. The molecule has 0 heterocycles. The van der Waals surface area contributed by atoms with Crippen LogP contribution in [0.4, 0.5) is 0 Å². The predicted octanol–water partition coefficient (Wildman–Crippen LogP) is 2.06. The fraction of sp³-hybridized carbons (Fsp3) is 0.769. The third-order valence-corrected chi connectivity index (χ3v) is 9.30. The zero-order valence-corrected chi connectivity index (χ0v) is 20.3. The van der Waals surface area contributed by atoms with E-state index in [4.69, 9.17) is 4.74 Å². The molecule has 0 aromatic carbocycles. The highest BCUT2D eigenvalue weighted by molar-refractivity contribution is 5.95. The highest BCUT2D eigenvalue weighted by Gasteiger charge is 2.81. The largest absolute Gasteiger partial charge is 0.461 e. The Balaban J connectivity index is 1.77. The molecule has 4 aliphatic carbocycles. The maximum Gasteiger partial charge on any atom is 0.306 e. The molecule has 8 atom stereocenters. The number of aliphatic hydroxyl groups is 4. The van der Waals surface area contributed by atoms with Crippen molar-refractivity contribution < 1.29 is 34.8 Å². The van der Waals surface area contributed by atoms with Gasteiger partial charge < -0.3 is 25.2 Å². The van der Waals surface area contributed by atoms with Crippen LogP contribution in [0, 0.1) is 28.6 Å². The molecule has 4 N–H and O–H groups in total. The molecule has 0 saturated heterocycles. The fourth-order valence-corrected chi connectivity index (χ4v) is 7.27. The van der Waals surface area contributed by atoms with Crippen LogP contribution in [0.1, 0.15) is 66.7 Å². The van der Waals surface area contributed by atoms with Crippen LogP contribution in [-0.2, 0) is 14.3 Å². The number of carbonyl (C=O) groups is 2. The van der Waals surface area contributed by atoms with Crippen LogP contribution in [-0.4, -0.2) is 62.2 Å². The summed E-state index contributed by atoms with van der Waals surface area (Å²) in [6, 6.07) is 0. The zero-order chi connectivity index (χ0) is 24.6. The molecule has 7 heteroatoms. The Morgan fingerprint density at radius 2 is 1.85 bits per heavy atom. The van der Waals surface area contributed by atoms with Gasteiger partial charge in [-0.1, -0.05) is 52.7 Å². The molecule has 184 valence electrons. The Hall–Kier alpha value is -1.54. The number of esters is 1. The van der Waals surface area contributed by atoms with Crippen LogP contribution in [0.2, 0.25) is 0 Å². The first-order chi connectivity index (χ1) is 15.3. The van der Waals surface area contributed by atoms with Crippen molar-refractivity contribution in [2.75, 3.05) is 6.61 Å². The van der Waals surface area contributed by atoms with Gasteiger partial charge in [-0.15, -0.1) is 0 Å². The molecule has 2 saturated carbocycles. The molecule has 4 aliphatic rings. The average molecular weight is 463 g/mol. The van der Waals surface area contributed by atoms with Gasteiger partial charge in [0.05, 0.1) is 11.0 Å². The molecule has 5 unspecified atom stereocenters.